The van der Waals surface area contributed by atoms with Crippen LogP contribution < -0.4 is 9.47 Å². The molecule has 0 saturated heterocycles. The Hall–Kier alpha value is -2.19. The van der Waals surface area contributed by atoms with Gasteiger partial charge in [-0.3, -0.25) is 4.90 Å². The van der Waals surface area contributed by atoms with Gasteiger partial charge in [0.25, 0.3) is 0 Å². The van der Waals surface area contributed by atoms with E-state index in [1.54, 1.807) is 48.5 Å². The molecule has 31 heavy (non-hydrogen) atoms. The third-order valence-electron chi connectivity index (χ3n) is 3.81. The van der Waals surface area contributed by atoms with E-state index >= 15 is 0 Å². The fourth-order valence-corrected chi connectivity index (χ4v) is 2.42. The molecule has 0 radical (unpaired) electrons. The van der Waals surface area contributed by atoms with Gasteiger partial charge in [-0.2, -0.15) is 0 Å². The number of halogens is 3. The van der Waals surface area contributed by atoms with E-state index in [9.17, 15) is 9.59 Å². The van der Waals surface area contributed by atoms with E-state index in [1.165, 1.54) is 0 Å². The maximum atomic E-state index is 11.7. The summed E-state index contributed by atoms with van der Waals surface area (Å²) < 4.78 is 20.8. The fourth-order valence-electron chi connectivity index (χ4n) is 2.17. The van der Waals surface area contributed by atoms with Crippen LogP contribution in [0.2, 0.25) is 10.0 Å². The van der Waals surface area contributed by atoms with Crippen LogP contribution in [0.3, 0.4) is 0 Å². The van der Waals surface area contributed by atoms with E-state index in [-0.39, 0.29) is 38.8 Å². The van der Waals surface area contributed by atoms with E-state index in [4.69, 9.17) is 42.1 Å². The predicted octanol–water partition coefficient (Wildman–Crippen LogP) is 3.89. The molecule has 0 bridgehead atoms. The van der Waals surface area contributed by atoms with Gasteiger partial charge in [0.15, 0.2) is 13.2 Å². The molecular weight excluding hydrogens is 469 g/mol. The van der Waals surface area contributed by atoms with Crippen molar-refractivity contribution in [1.82, 2.24) is 4.90 Å². The SMILES string of the molecule is CN(CCOC(=O)COc1ccc(Cl)cc1)CCOC(=O)COc1ccc(Cl)cc1.Cl. The summed E-state index contributed by atoms with van der Waals surface area (Å²) in [6, 6.07) is 13.4. The van der Waals surface area contributed by atoms with E-state index in [0.29, 0.717) is 34.6 Å². The summed E-state index contributed by atoms with van der Waals surface area (Å²) >= 11 is 11.6. The fraction of sp³-hybridized carbons (Fsp3) is 0.333. The zero-order chi connectivity index (χ0) is 21.8. The zero-order valence-electron chi connectivity index (χ0n) is 16.9. The van der Waals surface area contributed by atoms with Gasteiger partial charge in [-0.15, -0.1) is 12.4 Å². The van der Waals surface area contributed by atoms with Crippen molar-refractivity contribution < 1.29 is 28.5 Å². The van der Waals surface area contributed by atoms with Crippen LogP contribution in [0, 0.1) is 0 Å². The molecule has 10 heteroatoms. The minimum atomic E-state index is -0.468. The Morgan fingerprint density at radius 3 is 1.45 bits per heavy atom. The van der Waals surface area contributed by atoms with Crippen molar-refractivity contribution in [2.75, 3.05) is 46.6 Å². The highest BCUT2D eigenvalue weighted by Crippen LogP contribution is 2.16. The molecule has 0 aliphatic heterocycles. The molecule has 0 saturated carbocycles. The maximum Gasteiger partial charge on any atom is 0.344 e. The molecule has 0 fully saturated rings. The van der Waals surface area contributed by atoms with Crippen LogP contribution >= 0.6 is 35.6 Å². The number of likely N-dealkylation sites (N-methyl/N-ethyl adjacent to an activating group) is 1. The number of hydrogen-bond acceptors (Lipinski definition) is 7. The van der Waals surface area contributed by atoms with E-state index in [2.05, 4.69) is 0 Å². The van der Waals surface area contributed by atoms with Crippen LogP contribution in [-0.4, -0.2) is 63.4 Å². The van der Waals surface area contributed by atoms with Crippen molar-refractivity contribution in [3.63, 3.8) is 0 Å². The lowest BCUT2D eigenvalue weighted by atomic mass is 10.3. The van der Waals surface area contributed by atoms with Crippen LogP contribution in [0.25, 0.3) is 0 Å². The minimum Gasteiger partial charge on any atom is -0.482 e. The standard InChI is InChI=1S/C21H23Cl2NO6.ClH/c1-24(10-12-27-20(25)14-29-18-6-2-16(22)3-7-18)11-13-28-21(26)15-30-19-8-4-17(23)5-9-19;/h2-9H,10-15H2,1H3;1H. The summed E-state index contributed by atoms with van der Waals surface area (Å²) in [5.41, 5.74) is 0. The van der Waals surface area contributed by atoms with Gasteiger partial charge in [0.2, 0.25) is 0 Å². The van der Waals surface area contributed by atoms with Crippen molar-refractivity contribution >= 4 is 47.5 Å². The van der Waals surface area contributed by atoms with Crippen molar-refractivity contribution in [1.29, 1.82) is 0 Å². The van der Waals surface area contributed by atoms with Crippen LogP contribution in [-0.2, 0) is 19.1 Å². The maximum absolute atomic E-state index is 11.7. The van der Waals surface area contributed by atoms with Crippen molar-refractivity contribution in [2.45, 2.75) is 0 Å². The van der Waals surface area contributed by atoms with Gasteiger partial charge in [0.1, 0.15) is 24.7 Å². The smallest absolute Gasteiger partial charge is 0.344 e. The minimum absolute atomic E-state index is 0. The van der Waals surface area contributed by atoms with Gasteiger partial charge < -0.3 is 18.9 Å². The Morgan fingerprint density at radius 2 is 1.10 bits per heavy atom. The monoisotopic (exact) mass is 491 g/mol. The number of ether oxygens (including phenoxy) is 4. The van der Waals surface area contributed by atoms with Crippen molar-refractivity contribution in [3.05, 3.63) is 58.6 Å². The second-order valence-corrected chi connectivity index (χ2v) is 7.10. The highest BCUT2D eigenvalue weighted by molar-refractivity contribution is 6.30. The number of carbonyl (C=O) groups excluding carboxylic acids is 2. The summed E-state index contributed by atoms with van der Waals surface area (Å²) in [7, 11) is 1.83. The molecule has 2 aromatic carbocycles. The number of nitrogens with zero attached hydrogens (tertiary/aromatic N) is 1. The molecule has 2 aromatic rings. The van der Waals surface area contributed by atoms with Gasteiger partial charge in [0, 0.05) is 23.1 Å². The predicted molar refractivity (Wildman–Crippen MR) is 121 cm³/mol. The number of esters is 2. The normalized spacial score (nSPS) is 10.2. The molecule has 0 aliphatic carbocycles. The van der Waals surface area contributed by atoms with Crippen LogP contribution in [0.1, 0.15) is 0 Å². The number of carbonyl (C=O) groups is 2. The van der Waals surface area contributed by atoms with Crippen molar-refractivity contribution in [2.24, 2.45) is 0 Å². The van der Waals surface area contributed by atoms with Gasteiger partial charge in [0.05, 0.1) is 0 Å². The molecule has 170 valence electrons. The summed E-state index contributed by atoms with van der Waals surface area (Å²) in [5, 5.41) is 1.18. The van der Waals surface area contributed by atoms with E-state index < -0.39 is 11.9 Å². The summed E-state index contributed by atoms with van der Waals surface area (Å²) in [6.07, 6.45) is 0. The number of benzene rings is 2. The number of hydrogen-bond donors (Lipinski definition) is 0. The molecule has 0 spiro atoms. The van der Waals surface area contributed by atoms with Gasteiger partial charge in [-0.25, -0.2) is 9.59 Å². The second kappa shape index (κ2) is 14.8. The number of rotatable bonds is 12. The van der Waals surface area contributed by atoms with Gasteiger partial charge in [-0.1, -0.05) is 23.2 Å². The first-order chi connectivity index (χ1) is 14.4. The molecule has 0 atom stereocenters. The topological polar surface area (TPSA) is 74.3 Å². The zero-order valence-corrected chi connectivity index (χ0v) is 19.3. The van der Waals surface area contributed by atoms with Gasteiger partial charge in [-0.05, 0) is 55.6 Å². The first-order valence-corrected chi connectivity index (χ1v) is 9.94. The first-order valence-electron chi connectivity index (χ1n) is 9.19. The van der Waals surface area contributed by atoms with Crippen LogP contribution in [0.5, 0.6) is 11.5 Å². The summed E-state index contributed by atoms with van der Waals surface area (Å²) in [5.74, 6) is 0.138. The molecule has 0 aliphatic rings. The lowest BCUT2D eigenvalue weighted by Crippen LogP contribution is -2.30. The molecule has 0 heterocycles. The Bertz CT molecular complexity index is 734. The Labute approximate surface area is 197 Å². The Morgan fingerprint density at radius 1 is 0.742 bits per heavy atom. The lowest BCUT2D eigenvalue weighted by Gasteiger charge is -2.16. The molecule has 7 nitrogen and oxygen atoms in total. The van der Waals surface area contributed by atoms with Gasteiger partial charge >= 0.3 is 11.9 Å². The summed E-state index contributed by atoms with van der Waals surface area (Å²) in [4.78, 5) is 25.3. The first kappa shape index (κ1) is 26.8. The third kappa shape index (κ3) is 11.7. The average Bonchev–Trinajstić information content (AvgIpc) is 2.73. The van der Waals surface area contributed by atoms with E-state index in [0.717, 1.165) is 0 Å². The highest BCUT2D eigenvalue weighted by Gasteiger charge is 2.08. The van der Waals surface area contributed by atoms with E-state index in [1.807, 2.05) is 11.9 Å². The molecular formula is C21H24Cl3NO6. The quantitative estimate of drug-likeness (QED) is 0.416. The molecule has 0 amide bonds. The van der Waals surface area contributed by atoms with Crippen LogP contribution in [0.4, 0.5) is 0 Å². The average molecular weight is 493 g/mol. The summed E-state index contributed by atoms with van der Waals surface area (Å²) in [6.45, 7) is 1.02. The molecule has 0 aromatic heterocycles. The second-order valence-electron chi connectivity index (χ2n) is 6.23. The lowest BCUT2D eigenvalue weighted by molar-refractivity contribution is -0.146. The largest absolute Gasteiger partial charge is 0.482 e. The van der Waals surface area contributed by atoms with Crippen LogP contribution in [0.15, 0.2) is 48.5 Å². The molecule has 0 N–H and O–H groups in total. The Kier molecular flexibility index (Phi) is 12.8. The molecule has 2 rings (SSSR count). The Balaban J connectivity index is 0.00000480. The molecule has 0 unspecified atom stereocenters. The third-order valence-corrected chi connectivity index (χ3v) is 4.32. The highest BCUT2D eigenvalue weighted by atomic mass is 35.5. The van der Waals surface area contributed by atoms with Crippen molar-refractivity contribution in [3.8, 4) is 11.5 Å².